The molecule has 0 aliphatic heterocycles. The number of amides is 1. The Morgan fingerprint density at radius 3 is 2.67 bits per heavy atom. The summed E-state index contributed by atoms with van der Waals surface area (Å²) < 4.78 is 0. The standard InChI is InChI=1S/C12H17NO2/c1-10(7-8-14)9-13-12(15)11-5-3-2-4-6-11/h2-6,10,14H,7-9H2,1H3,(H,13,15). The topological polar surface area (TPSA) is 49.3 Å². The van der Waals surface area contributed by atoms with Crippen LogP contribution in [0.4, 0.5) is 0 Å². The van der Waals surface area contributed by atoms with Crippen LogP contribution < -0.4 is 5.32 Å². The maximum Gasteiger partial charge on any atom is 0.251 e. The summed E-state index contributed by atoms with van der Waals surface area (Å²) >= 11 is 0. The number of benzene rings is 1. The molecule has 0 saturated carbocycles. The third kappa shape index (κ3) is 4.13. The number of carbonyl (C=O) groups is 1. The number of nitrogens with one attached hydrogen (secondary N) is 1. The first-order valence-corrected chi connectivity index (χ1v) is 5.18. The van der Waals surface area contributed by atoms with Gasteiger partial charge in [-0.05, 0) is 24.5 Å². The summed E-state index contributed by atoms with van der Waals surface area (Å²) in [5.74, 6) is 0.253. The largest absolute Gasteiger partial charge is 0.396 e. The first-order valence-electron chi connectivity index (χ1n) is 5.18. The minimum Gasteiger partial charge on any atom is -0.396 e. The fourth-order valence-electron chi connectivity index (χ4n) is 1.28. The number of hydrogen-bond donors (Lipinski definition) is 2. The number of hydrogen-bond acceptors (Lipinski definition) is 2. The van der Waals surface area contributed by atoms with Crippen molar-refractivity contribution in [2.75, 3.05) is 13.2 Å². The third-order valence-corrected chi connectivity index (χ3v) is 2.27. The molecule has 15 heavy (non-hydrogen) atoms. The highest BCUT2D eigenvalue weighted by molar-refractivity contribution is 5.94. The fraction of sp³-hybridized carbons (Fsp3) is 0.417. The van der Waals surface area contributed by atoms with Gasteiger partial charge in [-0.2, -0.15) is 0 Å². The maximum atomic E-state index is 11.6. The average Bonchev–Trinajstić information content (AvgIpc) is 2.27. The molecule has 0 fully saturated rings. The minimum absolute atomic E-state index is 0.0552. The van der Waals surface area contributed by atoms with Crippen LogP contribution in [0.2, 0.25) is 0 Å². The first kappa shape index (κ1) is 11.7. The Balaban J connectivity index is 2.37. The van der Waals surface area contributed by atoms with Gasteiger partial charge in [0, 0.05) is 18.7 Å². The highest BCUT2D eigenvalue weighted by Crippen LogP contribution is 2.01. The zero-order chi connectivity index (χ0) is 11.1. The quantitative estimate of drug-likeness (QED) is 0.767. The summed E-state index contributed by atoms with van der Waals surface area (Å²) in [6.45, 7) is 2.78. The average molecular weight is 207 g/mol. The maximum absolute atomic E-state index is 11.6. The Morgan fingerprint density at radius 1 is 1.40 bits per heavy atom. The summed E-state index contributed by atoms with van der Waals surface area (Å²) in [7, 11) is 0. The molecule has 0 saturated heterocycles. The van der Waals surface area contributed by atoms with Gasteiger partial charge < -0.3 is 10.4 Å². The molecule has 1 aromatic rings. The normalized spacial score (nSPS) is 12.1. The lowest BCUT2D eigenvalue weighted by molar-refractivity contribution is 0.0945. The number of aliphatic hydroxyl groups is 1. The van der Waals surface area contributed by atoms with Crippen molar-refractivity contribution in [3.63, 3.8) is 0 Å². The number of rotatable bonds is 5. The summed E-state index contributed by atoms with van der Waals surface area (Å²) in [6.07, 6.45) is 0.717. The van der Waals surface area contributed by atoms with E-state index in [0.717, 1.165) is 6.42 Å². The SMILES string of the molecule is CC(CCO)CNC(=O)c1ccccc1. The molecule has 1 amide bonds. The second kappa shape index (κ2) is 6.19. The van der Waals surface area contributed by atoms with Gasteiger partial charge in [-0.3, -0.25) is 4.79 Å². The van der Waals surface area contributed by atoms with Crippen molar-refractivity contribution in [2.24, 2.45) is 5.92 Å². The van der Waals surface area contributed by atoms with Crippen LogP contribution in [-0.2, 0) is 0 Å². The van der Waals surface area contributed by atoms with E-state index in [1.54, 1.807) is 12.1 Å². The van der Waals surface area contributed by atoms with E-state index in [-0.39, 0.29) is 12.5 Å². The molecule has 0 spiro atoms. The third-order valence-electron chi connectivity index (χ3n) is 2.27. The zero-order valence-corrected chi connectivity index (χ0v) is 8.94. The lowest BCUT2D eigenvalue weighted by atomic mass is 10.1. The monoisotopic (exact) mass is 207 g/mol. The zero-order valence-electron chi connectivity index (χ0n) is 8.94. The van der Waals surface area contributed by atoms with Gasteiger partial charge in [-0.15, -0.1) is 0 Å². The van der Waals surface area contributed by atoms with E-state index in [2.05, 4.69) is 5.32 Å². The summed E-state index contributed by atoms with van der Waals surface area (Å²) in [4.78, 5) is 11.6. The van der Waals surface area contributed by atoms with Crippen LogP contribution in [-0.4, -0.2) is 24.2 Å². The highest BCUT2D eigenvalue weighted by Gasteiger charge is 2.06. The van der Waals surface area contributed by atoms with E-state index in [4.69, 9.17) is 5.11 Å². The van der Waals surface area contributed by atoms with E-state index in [0.29, 0.717) is 18.0 Å². The molecule has 0 heterocycles. The molecule has 1 rings (SSSR count). The van der Waals surface area contributed by atoms with Crippen molar-refractivity contribution in [2.45, 2.75) is 13.3 Å². The molecular weight excluding hydrogens is 190 g/mol. The molecular formula is C12H17NO2. The fourth-order valence-corrected chi connectivity index (χ4v) is 1.28. The number of aliphatic hydroxyl groups excluding tert-OH is 1. The second-order valence-corrected chi connectivity index (χ2v) is 3.69. The molecule has 0 aromatic heterocycles. The van der Waals surface area contributed by atoms with Crippen molar-refractivity contribution in [1.29, 1.82) is 0 Å². The van der Waals surface area contributed by atoms with Crippen LogP contribution in [0.15, 0.2) is 30.3 Å². The van der Waals surface area contributed by atoms with Crippen LogP contribution in [0, 0.1) is 5.92 Å². The predicted molar refractivity (Wildman–Crippen MR) is 59.6 cm³/mol. The van der Waals surface area contributed by atoms with Gasteiger partial charge in [-0.1, -0.05) is 25.1 Å². The summed E-state index contributed by atoms with van der Waals surface area (Å²) in [5.41, 5.74) is 0.675. The molecule has 3 heteroatoms. The predicted octanol–water partition coefficient (Wildman–Crippen LogP) is 1.43. The smallest absolute Gasteiger partial charge is 0.251 e. The molecule has 0 radical (unpaired) electrons. The Bertz CT molecular complexity index is 298. The molecule has 1 aromatic carbocycles. The lowest BCUT2D eigenvalue weighted by Gasteiger charge is -2.10. The van der Waals surface area contributed by atoms with Crippen LogP contribution in [0.25, 0.3) is 0 Å². The van der Waals surface area contributed by atoms with Crippen LogP contribution in [0.3, 0.4) is 0 Å². The summed E-state index contributed by atoms with van der Waals surface area (Å²) in [5, 5.41) is 11.5. The Kier molecular flexibility index (Phi) is 4.84. The van der Waals surface area contributed by atoms with Gasteiger partial charge in [0.15, 0.2) is 0 Å². The van der Waals surface area contributed by atoms with E-state index in [1.807, 2.05) is 25.1 Å². The van der Waals surface area contributed by atoms with Crippen molar-refractivity contribution in [3.8, 4) is 0 Å². The van der Waals surface area contributed by atoms with Crippen molar-refractivity contribution in [1.82, 2.24) is 5.32 Å². The van der Waals surface area contributed by atoms with Gasteiger partial charge >= 0.3 is 0 Å². The molecule has 0 bridgehead atoms. The summed E-state index contributed by atoms with van der Waals surface area (Å²) in [6, 6.07) is 9.13. The van der Waals surface area contributed by atoms with Gasteiger partial charge in [0.2, 0.25) is 0 Å². The molecule has 3 nitrogen and oxygen atoms in total. The van der Waals surface area contributed by atoms with E-state index in [1.165, 1.54) is 0 Å². The van der Waals surface area contributed by atoms with Gasteiger partial charge in [0.25, 0.3) is 5.91 Å². The van der Waals surface area contributed by atoms with Crippen LogP contribution in [0.1, 0.15) is 23.7 Å². The van der Waals surface area contributed by atoms with Crippen molar-refractivity contribution >= 4 is 5.91 Å². The molecule has 82 valence electrons. The van der Waals surface area contributed by atoms with Gasteiger partial charge in [0.1, 0.15) is 0 Å². The Morgan fingerprint density at radius 2 is 2.07 bits per heavy atom. The van der Waals surface area contributed by atoms with E-state index >= 15 is 0 Å². The molecule has 0 aliphatic carbocycles. The number of carbonyl (C=O) groups excluding carboxylic acids is 1. The Hall–Kier alpha value is -1.35. The minimum atomic E-state index is -0.0552. The van der Waals surface area contributed by atoms with E-state index < -0.39 is 0 Å². The molecule has 0 aliphatic rings. The van der Waals surface area contributed by atoms with Gasteiger partial charge in [-0.25, -0.2) is 0 Å². The molecule has 1 atom stereocenters. The second-order valence-electron chi connectivity index (χ2n) is 3.69. The lowest BCUT2D eigenvalue weighted by Crippen LogP contribution is -2.28. The highest BCUT2D eigenvalue weighted by atomic mass is 16.3. The van der Waals surface area contributed by atoms with Crippen LogP contribution in [0.5, 0.6) is 0 Å². The van der Waals surface area contributed by atoms with Crippen molar-refractivity contribution in [3.05, 3.63) is 35.9 Å². The molecule has 1 unspecified atom stereocenters. The van der Waals surface area contributed by atoms with Gasteiger partial charge in [0.05, 0.1) is 0 Å². The van der Waals surface area contributed by atoms with Crippen molar-refractivity contribution < 1.29 is 9.90 Å². The van der Waals surface area contributed by atoms with E-state index in [9.17, 15) is 4.79 Å². The Labute approximate surface area is 90.1 Å². The van der Waals surface area contributed by atoms with Crippen LogP contribution >= 0.6 is 0 Å². The first-order chi connectivity index (χ1) is 7.24. The molecule has 2 N–H and O–H groups in total.